The minimum atomic E-state index is -0.542. The van der Waals surface area contributed by atoms with Crippen LogP contribution < -0.4 is 5.73 Å². The van der Waals surface area contributed by atoms with Gasteiger partial charge in [0.25, 0.3) is 0 Å². The van der Waals surface area contributed by atoms with Gasteiger partial charge < -0.3 is 20.5 Å². The molecular formula is C13H20N2O3S. The summed E-state index contributed by atoms with van der Waals surface area (Å²) >= 11 is 1.53. The normalized spacial score (nSPS) is 21.4. The van der Waals surface area contributed by atoms with Crippen molar-refractivity contribution in [3.63, 3.8) is 0 Å². The van der Waals surface area contributed by atoms with Gasteiger partial charge in [0.05, 0.1) is 25.4 Å². The van der Waals surface area contributed by atoms with E-state index in [-0.39, 0.29) is 11.9 Å². The number of ether oxygens (including phenoxy) is 1. The summed E-state index contributed by atoms with van der Waals surface area (Å²) in [7, 11) is 0. The summed E-state index contributed by atoms with van der Waals surface area (Å²) in [4.78, 5) is 14.7. The van der Waals surface area contributed by atoms with Crippen LogP contribution in [0.4, 0.5) is 0 Å². The van der Waals surface area contributed by atoms with E-state index in [4.69, 9.17) is 10.5 Å². The summed E-state index contributed by atoms with van der Waals surface area (Å²) in [6.07, 6.45) is 0.322. The van der Waals surface area contributed by atoms with Crippen LogP contribution in [0, 0.1) is 0 Å². The molecule has 1 aromatic rings. The number of morpholine rings is 1. The van der Waals surface area contributed by atoms with Crippen molar-refractivity contribution in [3.05, 3.63) is 22.4 Å². The van der Waals surface area contributed by atoms with Gasteiger partial charge in [-0.1, -0.05) is 6.07 Å². The van der Waals surface area contributed by atoms with E-state index < -0.39 is 6.10 Å². The van der Waals surface area contributed by atoms with Gasteiger partial charge in [-0.15, -0.1) is 11.3 Å². The highest BCUT2D eigenvalue weighted by Gasteiger charge is 2.29. The second-order valence-corrected chi connectivity index (χ2v) is 5.60. The Morgan fingerprint density at radius 2 is 2.53 bits per heavy atom. The quantitative estimate of drug-likeness (QED) is 0.836. The molecular weight excluding hydrogens is 264 g/mol. The van der Waals surface area contributed by atoms with Crippen LogP contribution in [0.5, 0.6) is 0 Å². The van der Waals surface area contributed by atoms with Gasteiger partial charge >= 0.3 is 0 Å². The zero-order valence-corrected chi connectivity index (χ0v) is 11.6. The van der Waals surface area contributed by atoms with Crippen LogP contribution in [0.1, 0.15) is 23.8 Å². The highest BCUT2D eigenvalue weighted by atomic mass is 32.1. The summed E-state index contributed by atoms with van der Waals surface area (Å²) in [5.74, 6) is 0.0502. The molecule has 2 atom stereocenters. The number of hydrogen-bond donors (Lipinski definition) is 2. The van der Waals surface area contributed by atoms with E-state index in [1.807, 2.05) is 17.5 Å². The van der Waals surface area contributed by atoms with E-state index in [0.29, 0.717) is 39.1 Å². The number of aliphatic hydroxyl groups is 1. The van der Waals surface area contributed by atoms with Crippen molar-refractivity contribution in [3.8, 4) is 0 Å². The number of nitrogens with zero attached hydrogens (tertiary/aromatic N) is 1. The molecule has 0 spiro atoms. The van der Waals surface area contributed by atoms with Gasteiger partial charge in [-0.05, 0) is 11.4 Å². The van der Waals surface area contributed by atoms with E-state index in [2.05, 4.69) is 0 Å². The van der Waals surface area contributed by atoms with Crippen LogP contribution in [0.15, 0.2) is 17.5 Å². The van der Waals surface area contributed by atoms with Crippen molar-refractivity contribution < 1.29 is 14.6 Å². The van der Waals surface area contributed by atoms with Crippen LogP contribution in [-0.4, -0.2) is 48.3 Å². The topological polar surface area (TPSA) is 75.8 Å². The lowest BCUT2D eigenvalue weighted by Gasteiger charge is -2.36. The summed E-state index contributed by atoms with van der Waals surface area (Å²) < 4.78 is 5.43. The second kappa shape index (κ2) is 7.00. The molecule has 0 radical (unpaired) electrons. The average Bonchev–Trinajstić information content (AvgIpc) is 2.93. The maximum Gasteiger partial charge on any atom is 0.224 e. The molecule has 1 aliphatic heterocycles. The lowest BCUT2D eigenvalue weighted by molar-refractivity contribution is -0.140. The first-order valence-electron chi connectivity index (χ1n) is 6.51. The smallest absolute Gasteiger partial charge is 0.224 e. The molecule has 106 valence electrons. The Morgan fingerprint density at radius 1 is 1.68 bits per heavy atom. The first-order chi connectivity index (χ1) is 9.22. The number of aliphatic hydroxyl groups excluding tert-OH is 1. The van der Waals surface area contributed by atoms with Crippen molar-refractivity contribution in [2.24, 2.45) is 5.73 Å². The number of amides is 1. The average molecular weight is 284 g/mol. The Bertz CT molecular complexity index is 397. The van der Waals surface area contributed by atoms with Crippen molar-refractivity contribution in [2.45, 2.75) is 25.0 Å². The fourth-order valence-corrected chi connectivity index (χ4v) is 3.02. The lowest BCUT2D eigenvalue weighted by atomic mass is 10.1. The van der Waals surface area contributed by atoms with Crippen molar-refractivity contribution in [1.82, 2.24) is 4.90 Å². The largest absolute Gasteiger partial charge is 0.387 e. The Labute approximate surface area is 117 Å². The van der Waals surface area contributed by atoms with Gasteiger partial charge in [0.15, 0.2) is 0 Å². The molecule has 2 rings (SSSR count). The molecule has 6 heteroatoms. The van der Waals surface area contributed by atoms with E-state index in [0.717, 1.165) is 4.88 Å². The molecule has 0 bridgehead atoms. The monoisotopic (exact) mass is 284 g/mol. The molecule has 1 aliphatic rings. The predicted octanol–water partition coefficient (Wildman–Crippen LogP) is 0.748. The number of carbonyl (C=O) groups excluding carboxylic acids is 1. The molecule has 1 aromatic heterocycles. The van der Waals surface area contributed by atoms with Crippen molar-refractivity contribution in [2.75, 3.05) is 26.3 Å². The van der Waals surface area contributed by atoms with E-state index in [1.165, 1.54) is 11.3 Å². The van der Waals surface area contributed by atoms with Gasteiger partial charge in [0.2, 0.25) is 5.91 Å². The first-order valence-corrected chi connectivity index (χ1v) is 7.39. The highest BCUT2D eigenvalue weighted by molar-refractivity contribution is 7.10. The Morgan fingerprint density at radius 3 is 3.21 bits per heavy atom. The van der Waals surface area contributed by atoms with Gasteiger partial charge in [0, 0.05) is 30.8 Å². The van der Waals surface area contributed by atoms with E-state index in [9.17, 15) is 9.90 Å². The summed E-state index contributed by atoms with van der Waals surface area (Å²) in [5.41, 5.74) is 5.43. The van der Waals surface area contributed by atoms with Gasteiger partial charge in [0.1, 0.15) is 0 Å². The molecule has 1 amide bonds. The van der Waals surface area contributed by atoms with Crippen LogP contribution in [0.25, 0.3) is 0 Å². The molecule has 19 heavy (non-hydrogen) atoms. The van der Waals surface area contributed by atoms with E-state index in [1.54, 1.807) is 4.90 Å². The number of rotatable bonds is 5. The summed E-state index contributed by atoms with van der Waals surface area (Å²) in [6, 6.07) is 3.76. The summed E-state index contributed by atoms with van der Waals surface area (Å²) in [6.45, 7) is 1.98. The maximum atomic E-state index is 12.0. The third-order valence-corrected chi connectivity index (χ3v) is 4.25. The molecule has 3 N–H and O–H groups in total. The molecule has 0 aliphatic carbocycles. The fraction of sp³-hybridized carbons (Fsp3) is 0.615. The molecule has 2 heterocycles. The van der Waals surface area contributed by atoms with E-state index >= 15 is 0 Å². The molecule has 1 fully saturated rings. The maximum absolute atomic E-state index is 12.0. The zero-order valence-electron chi connectivity index (χ0n) is 10.8. The minimum absolute atomic E-state index is 0.0502. The molecule has 0 aromatic carbocycles. The predicted molar refractivity (Wildman–Crippen MR) is 73.9 cm³/mol. The second-order valence-electron chi connectivity index (χ2n) is 4.62. The van der Waals surface area contributed by atoms with Gasteiger partial charge in [-0.3, -0.25) is 4.79 Å². The van der Waals surface area contributed by atoms with Crippen LogP contribution in [0.2, 0.25) is 0 Å². The number of carbonyl (C=O) groups is 1. The standard InChI is InChI=1S/C13H20N2O3S/c14-4-3-13(17)15-5-6-18-9-10(15)8-11(16)12-2-1-7-19-12/h1-2,7,10-11,16H,3-6,8-9,14H2. The van der Waals surface area contributed by atoms with Gasteiger partial charge in [-0.25, -0.2) is 0 Å². The zero-order chi connectivity index (χ0) is 13.7. The van der Waals surface area contributed by atoms with Crippen LogP contribution >= 0.6 is 11.3 Å². The van der Waals surface area contributed by atoms with Crippen molar-refractivity contribution in [1.29, 1.82) is 0 Å². The van der Waals surface area contributed by atoms with Gasteiger partial charge in [-0.2, -0.15) is 0 Å². The third kappa shape index (κ3) is 3.76. The van der Waals surface area contributed by atoms with Crippen LogP contribution in [0.3, 0.4) is 0 Å². The lowest BCUT2D eigenvalue weighted by Crippen LogP contribution is -2.49. The Balaban J connectivity index is 1.97. The fourth-order valence-electron chi connectivity index (χ4n) is 2.30. The molecule has 0 saturated carbocycles. The summed E-state index contributed by atoms with van der Waals surface area (Å²) in [5, 5.41) is 12.1. The molecule has 2 unspecified atom stereocenters. The first kappa shape index (κ1) is 14.5. The van der Waals surface area contributed by atoms with Crippen LogP contribution in [-0.2, 0) is 9.53 Å². The Kier molecular flexibility index (Phi) is 5.33. The molecule has 1 saturated heterocycles. The third-order valence-electron chi connectivity index (χ3n) is 3.27. The van der Waals surface area contributed by atoms with Crippen molar-refractivity contribution >= 4 is 17.2 Å². The minimum Gasteiger partial charge on any atom is -0.387 e. The number of hydrogen-bond acceptors (Lipinski definition) is 5. The molecule has 5 nitrogen and oxygen atoms in total. The highest BCUT2D eigenvalue weighted by Crippen LogP contribution is 2.26. The Hall–Kier alpha value is -0.950. The number of thiophene rings is 1. The number of nitrogens with two attached hydrogens (primary N) is 1. The SMILES string of the molecule is NCCC(=O)N1CCOCC1CC(O)c1cccs1.